The second-order valence-electron chi connectivity index (χ2n) is 6.80. The molecule has 0 radical (unpaired) electrons. The van der Waals surface area contributed by atoms with Crippen LogP contribution in [0.15, 0.2) is 0 Å². The zero-order chi connectivity index (χ0) is 14.0. The van der Waals surface area contributed by atoms with E-state index in [0.29, 0.717) is 13.2 Å². The lowest BCUT2D eigenvalue weighted by Crippen LogP contribution is -2.53. The Labute approximate surface area is 110 Å². The van der Waals surface area contributed by atoms with E-state index in [0.717, 1.165) is 12.8 Å². The van der Waals surface area contributed by atoms with E-state index in [2.05, 4.69) is 13.8 Å². The van der Waals surface area contributed by atoms with Crippen LogP contribution in [0, 0.1) is 5.41 Å². The number of amides is 1. The van der Waals surface area contributed by atoms with Crippen LogP contribution in [0.4, 0.5) is 4.79 Å². The summed E-state index contributed by atoms with van der Waals surface area (Å²) in [5.74, 6) is 5.14. The first kappa shape index (κ1) is 15.2. The number of hydrogen-bond acceptors (Lipinski definition) is 4. The van der Waals surface area contributed by atoms with Gasteiger partial charge in [0.25, 0.3) is 0 Å². The quantitative estimate of drug-likeness (QED) is 0.772. The van der Waals surface area contributed by atoms with E-state index < -0.39 is 5.60 Å². The van der Waals surface area contributed by atoms with Gasteiger partial charge in [0.1, 0.15) is 5.60 Å². The van der Waals surface area contributed by atoms with Gasteiger partial charge in [0, 0.05) is 6.54 Å². The summed E-state index contributed by atoms with van der Waals surface area (Å²) in [6, 6.07) is 0.0119. The number of carbonyl (C=O) groups excluding carboxylic acids is 1. The first-order valence-corrected chi connectivity index (χ1v) is 6.46. The number of nitrogens with two attached hydrogens (primary N) is 1. The monoisotopic (exact) mass is 258 g/mol. The fourth-order valence-electron chi connectivity index (χ4n) is 2.20. The van der Waals surface area contributed by atoms with Crippen molar-refractivity contribution < 1.29 is 14.4 Å². The van der Waals surface area contributed by atoms with Crippen LogP contribution >= 0.6 is 0 Å². The topological polar surface area (TPSA) is 64.8 Å². The molecule has 5 heteroatoms. The van der Waals surface area contributed by atoms with Gasteiger partial charge in [0.15, 0.2) is 0 Å². The molecule has 0 aromatic rings. The standard InChI is InChI=1S/C13H26N2O3/c1-12(2,3)18-11(16)15-9-13(4,5)7-6-10(15)8-17-14/h10H,6-9,14H2,1-5H3. The summed E-state index contributed by atoms with van der Waals surface area (Å²) in [5, 5.41) is 0. The summed E-state index contributed by atoms with van der Waals surface area (Å²) in [4.78, 5) is 18.7. The first-order chi connectivity index (χ1) is 8.14. The molecule has 1 amide bonds. The average Bonchev–Trinajstić information content (AvgIpc) is 2.18. The van der Waals surface area contributed by atoms with Crippen molar-refractivity contribution in [1.29, 1.82) is 0 Å². The fourth-order valence-corrected chi connectivity index (χ4v) is 2.20. The fraction of sp³-hybridized carbons (Fsp3) is 0.923. The highest BCUT2D eigenvalue weighted by molar-refractivity contribution is 5.68. The third kappa shape index (κ3) is 4.46. The van der Waals surface area contributed by atoms with Gasteiger partial charge < -0.3 is 14.5 Å². The molecule has 106 valence electrons. The van der Waals surface area contributed by atoms with Crippen LogP contribution in [0.3, 0.4) is 0 Å². The lowest BCUT2D eigenvalue weighted by atomic mass is 9.81. The zero-order valence-corrected chi connectivity index (χ0v) is 12.2. The summed E-state index contributed by atoms with van der Waals surface area (Å²) in [6.45, 7) is 11.0. The number of nitrogens with zero attached hydrogens (tertiary/aromatic N) is 1. The molecule has 0 saturated carbocycles. The molecule has 0 spiro atoms. The number of rotatable bonds is 2. The molecule has 2 N–H and O–H groups in total. The molecule has 1 saturated heterocycles. The maximum Gasteiger partial charge on any atom is 0.410 e. The van der Waals surface area contributed by atoms with Gasteiger partial charge in [-0.15, -0.1) is 0 Å². The average molecular weight is 258 g/mol. The van der Waals surface area contributed by atoms with Crippen LogP contribution in [0.25, 0.3) is 0 Å². The van der Waals surface area contributed by atoms with Crippen LogP contribution < -0.4 is 5.90 Å². The molecule has 1 unspecified atom stereocenters. The van der Waals surface area contributed by atoms with Crippen LogP contribution in [0.1, 0.15) is 47.5 Å². The summed E-state index contributed by atoms with van der Waals surface area (Å²) in [7, 11) is 0. The lowest BCUT2D eigenvalue weighted by molar-refractivity contribution is -0.0274. The lowest BCUT2D eigenvalue weighted by Gasteiger charge is -2.43. The Balaban J connectivity index is 2.75. The van der Waals surface area contributed by atoms with Crippen molar-refractivity contribution in [2.75, 3.05) is 13.2 Å². The smallest absolute Gasteiger partial charge is 0.410 e. The second-order valence-corrected chi connectivity index (χ2v) is 6.80. The van der Waals surface area contributed by atoms with E-state index >= 15 is 0 Å². The molecule has 1 rings (SSSR count). The van der Waals surface area contributed by atoms with Crippen molar-refractivity contribution in [2.24, 2.45) is 11.3 Å². The molecule has 1 aliphatic rings. The normalized spacial score (nSPS) is 23.9. The van der Waals surface area contributed by atoms with E-state index in [1.54, 1.807) is 4.90 Å². The molecular weight excluding hydrogens is 232 g/mol. The minimum atomic E-state index is -0.479. The van der Waals surface area contributed by atoms with Gasteiger partial charge in [-0.3, -0.25) is 0 Å². The minimum Gasteiger partial charge on any atom is -0.444 e. The van der Waals surface area contributed by atoms with Crippen LogP contribution in [-0.2, 0) is 9.57 Å². The number of ether oxygens (including phenoxy) is 1. The maximum absolute atomic E-state index is 12.2. The van der Waals surface area contributed by atoms with Crippen molar-refractivity contribution in [3.05, 3.63) is 0 Å². The Morgan fingerprint density at radius 3 is 2.56 bits per heavy atom. The van der Waals surface area contributed by atoms with Gasteiger partial charge in [-0.1, -0.05) is 13.8 Å². The number of hydrogen-bond donors (Lipinski definition) is 1. The molecule has 1 atom stereocenters. The maximum atomic E-state index is 12.2. The van der Waals surface area contributed by atoms with Gasteiger partial charge in [0.2, 0.25) is 0 Å². The summed E-state index contributed by atoms with van der Waals surface area (Å²) >= 11 is 0. The third-order valence-electron chi connectivity index (χ3n) is 3.11. The molecule has 1 fully saturated rings. The Morgan fingerprint density at radius 1 is 1.44 bits per heavy atom. The molecular formula is C13H26N2O3. The van der Waals surface area contributed by atoms with E-state index in [9.17, 15) is 4.79 Å². The second kappa shape index (κ2) is 5.45. The molecule has 0 bridgehead atoms. The van der Waals surface area contributed by atoms with Crippen molar-refractivity contribution in [3.63, 3.8) is 0 Å². The van der Waals surface area contributed by atoms with E-state index in [4.69, 9.17) is 15.5 Å². The van der Waals surface area contributed by atoms with Crippen LogP contribution in [0.2, 0.25) is 0 Å². The minimum absolute atomic E-state index is 0.0119. The number of carbonyl (C=O) groups is 1. The summed E-state index contributed by atoms with van der Waals surface area (Å²) in [5.41, 5.74) is -0.366. The molecule has 0 aromatic carbocycles. The van der Waals surface area contributed by atoms with Crippen molar-refractivity contribution in [2.45, 2.75) is 59.1 Å². The van der Waals surface area contributed by atoms with E-state index in [-0.39, 0.29) is 17.6 Å². The molecule has 1 aliphatic heterocycles. The molecule has 1 heterocycles. The zero-order valence-electron chi connectivity index (χ0n) is 12.2. The predicted octanol–water partition coefficient (Wildman–Crippen LogP) is 2.30. The van der Waals surface area contributed by atoms with Crippen LogP contribution in [0.5, 0.6) is 0 Å². The van der Waals surface area contributed by atoms with Gasteiger partial charge in [-0.05, 0) is 39.0 Å². The van der Waals surface area contributed by atoms with Gasteiger partial charge in [-0.25, -0.2) is 10.7 Å². The van der Waals surface area contributed by atoms with Crippen molar-refractivity contribution in [1.82, 2.24) is 4.90 Å². The Kier molecular flexibility index (Phi) is 4.61. The van der Waals surface area contributed by atoms with Gasteiger partial charge in [-0.2, -0.15) is 0 Å². The SMILES string of the molecule is CC1(C)CCC(CON)N(C(=O)OC(C)(C)C)C1. The first-order valence-electron chi connectivity index (χ1n) is 6.46. The Morgan fingerprint density at radius 2 is 2.06 bits per heavy atom. The van der Waals surface area contributed by atoms with Crippen molar-refractivity contribution in [3.8, 4) is 0 Å². The van der Waals surface area contributed by atoms with E-state index in [1.807, 2.05) is 20.8 Å². The highest BCUT2D eigenvalue weighted by atomic mass is 16.6. The molecule has 18 heavy (non-hydrogen) atoms. The third-order valence-corrected chi connectivity index (χ3v) is 3.11. The highest BCUT2D eigenvalue weighted by Crippen LogP contribution is 2.32. The van der Waals surface area contributed by atoms with Gasteiger partial charge >= 0.3 is 6.09 Å². The molecule has 0 aromatic heterocycles. The number of piperidine rings is 1. The summed E-state index contributed by atoms with van der Waals surface area (Å²) < 4.78 is 5.44. The largest absolute Gasteiger partial charge is 0.444 e. The van der Waals surface area contributed by atoms with E-state index in [1.165, 1.54) is 0 Å². The number of likely N-dealkylation sites (tertiary alicyclic amines) is 1. The predicted molar refractivity (Wildman–Crippen MR) is 69.9 cm³/mol. The van der Waals surface area contributed by atoms with Crippen LogP contribution in [-0.4, -0.2) is 35.8 Å². The molecule has 0 aliphatic carbocycles. The van der Waals surface area contributed by atoms with Crippen molar-refractivity contribution >= 4 is 6.09 Å². The van der Waals surface area contributed by atoms with Gasteiger partial charge in [0.05, 0.1) is 12.6 Å². The summed E-state index contributed by atoms with van der Waals surface area (Å²) in [6.07, 6.45) is 1.67. The Bertz CT molecular complexity index is 297. The highest BCUT2D eigenvalue weighted by Gasteiger charge is 2.37. The molecule has 5 nitrogen and oxygen atoms in total. The Hall–Kier alpha value is -0.810.